The van der Waals surface area contributed by atoms with E-state index in [-0.39, 0.29) is 11.0 Å². The van der Waals surface area contributed by atoms with Gasteiger partial charge in [-0.1, -0.05) is 44.2 Å². The molecule has 0 aliphatic carbocycles. The van der Waals surface area contributed by atoms with E-state index in [0.717, 1.165) is 12.1 Å². The number of nitrogens with zero attached hydrogens (tertiary/aromatic N) is 1. The fourth-order valence-corrected chi connectivity index (χ4v) is 2.79. The summed E-state index contributed by atoms with van der Waals surface area (Å²) in [5.41, 5.74) is 2.44. The Hall–Kier alpha value is -2.03. The molecule has 1 heterocycles. The van der Waals surface area contributed by atoms with Crippen LogP contribution >= 0.6 is 0 Å². The summed E-state index contributed by atoms with van der Waals surface area (Å²) >= 11 is 0. The van der Waals surface area contributed by atoms with E-state index in [1.165, 1.54) is 5.56 Å². The van der Waals surface area contributed by atoms with Crippen molar-refractivity contribution >= 4 is 5.69 Å². The fraction of sp³-hybridized carbons (Fsp3) is 0.389. The van der Waals surface area contributed by atoms with Gasteiger partial charge in [-0.2, -0.15) is 0 Å². The molecule has 0 aliphatic rings. The number of benzene rings is 1. The molecule has 0 saturated heterocycles. The van der Waals surface area contributed by atoms with Crippen LogP contribution in [0.3, 0.4) is 0 Å². The zero-order valence-electron chi connectivity index (χ0n) is 13.3. The third-order valence-corrected chi connectivity index (χ3v) is 3.87. The normalized spacial score (nSPS) is 13.0. The van der Waals surface area contributed by atoms with Crippen molar-refractivity contribution in [2.45, 2.75) is 38.6 Å². The van der Waals surface area contributed by atoms with Gasteiger partial charge in [0, 0.05) is 25.4 Å². The monoisotopic (exact) mass is 284 g/mol. The van der Waals surface area contributed by atoms with Gasteiger partial charge in [0.15, 0.2) is 0 Å². The van der Waals surface area contributed by atoms with Crippen LogP contribution in [-0.4, -0.2) is 10.6 Å². The molecule has 0 saturated carbocycles. The highest BCUT2D eigenvalue weighted by Gasteiger charge is 2.23. The molecule has 1 N–H and O–H groups in total. The molecular formula is C18H24N2O. The molecule has 2 aromatic rings. The van der Waals surface area contributed by atoms with Crippen LogP contribution in [0, 0.1) is 0 Å². The summed E-state index contributed by atoms with van der Waals surface area (Å²) in [6, 6.07) is 14.3. The molecule has 0 fully saturated rings. The lowest BCUT2D eigenvalue weighted by molar-refractivity contribution is 0.450. The Morgan fingerprint density at radius 2 is 1.81 bits per heavy atom. The molecule has 0 amide bonds. The zero-order valence-corrected chi connectivity index (χ0v) is 13.3. The van der Waals surface area contributed by atoms with Crippen LogP contribution in [0.5, 0.6) is 0 Å². The first-order chi connectivity index (χ1) is 9.88. The van der Waals surface area contributed by atoms with Crippen molar-refractivity contribution in [3.63, 3.8) is 0 Å². The number of pyridine rings is 1. The Kier molecular flexibility index (Phi) is 4.51. The van der Waals surface area contributed by atoms with E-state index in [9.17, 15) is 4.79 Å². The molecule has 0 aliphatic heterocycles. The van der Waals surface area contributed by atoms with E-state index in [0.29, 0.717) is 6.04 Å². The molecule has 0 radical (unpaired) electrons. The van der Waals surface area contributed by atoms with Gasteiger partial charge in [0.2, 0.25) is 5.56 Å². The third-order valence-electron chi connectivity index (χ3n) is 3.87. The predicted octanol–water partition coefficient (Wildman–Crippen LogP) is 3.55. The van der Waals surface area contributed by atoms with Gasteiger partial charge in [-0.15, -0.1) is 0 Å². The van der Waals surface area contributed by atoms with E-state index in [4.69, 9.17) is 0 Å². The minimum atomic E-state index is 0.0119. The van der Waals surface area contributed by atoms with Crippen molar-refractivity contribution in [1.29, 1.82) is 0 Å². The maximum atomic E-state index is 11.4. The molecule has 112 valence electrons. The van der Waals surface area contributed by atoms with Gasteiger partial charge in [0.1, 0.15) is 0 Å². The van der Waals surface area contributed by atoms with E-state index < -0.39 is 0 Å². The second-order valence-corrected chi connectivity index (χ2v) is 6.37. The maximum Gasteiger partial charge on any atom is 0.250 e. The van der Waals surface area contributed by atoms with E-state index in [1.807, 2.05) is 18.3 Å². The van der Waals surface area contributed by atoms with Crippen LogP contribution in [0.1, 0.15) is 32.8 Å². The number of rotatable bonds is 5. The van der Waals surface area contributed by atoms with Crippen LogP contribution in [0.4, 0.5) is 5.69 Å². The van der Waals surface area contributed by atoms with Crippen LogP contribution in [-0.2, 0) is 12.5 Å². The fourth-order valence-electron chi connectivity index (χ4n) is 2.79. The van der Waals surface area contributed by atoms with Gasteiger partial charge in [-0.25, -0.2) is 0 Å². The molecule has 3 nitrogen and oxygen atoms in total. The quantitative estimate of drug-likeness (QED) is 0.911. The largest absolute Gasteiger partial charge is 0.381 e. The lowest BCUT2D eigenvalue weighted by Gasteiger charge is -2.29. The molecule has 1 aromatic carbocycles. The van der Waals surface area contributed by atoms with Crippen molar-refractivity contribution in [3.05, 3.63) is 64.6 Å². The lowest BCUT2D eigenvalue weighted by Crippen LogP contribution is -2.28. The zero-order chi connectivity index (χ0) is 15.5. The highest BCUT2D eigenvalue weighted by Crippen LogP contribution is 2.29. The second kappa shape index (κ2) is 6.17. The Morgan fingerprint density at radius 3 is 2.43 bits per heavy atom. The van der Waals surface area contributed by atoms with E-state index >= 15 is 0 Å². The molecule has 21 heavy (non-hydrogen) atoms. The Balaban J connectivity index is 2.05. The van der Waals surface area contributed by atoms with Crippen molar-refractivity contribution < 1.29 is 0 Å². The van der Waals surface area contributed by atoms with Crippen molar-refractivity contribution in [1.82, 2.24) is 4.57 Å². The van der Waals surface area contributed by atoms with Crippen molar-refractivity contribution in [3.8, 4) is 0 Å². The highest BCUT2D eigenvalue weighted by atomic mass is 16.1. The number of nitrogens with one attached hydrogen (secondary N) is 1. The van der Waals surface area contributed by atoms with Crippen molar-refractivity contribution in [2.24, 2.45) is 7.05 Å². The van der Waals surface area contributed by atoms with Gasteiger partial charge in [0.25, 0.3) is 0 Å². The van der Waals surface area contributed by atoms with Gasteiger partial charge >= 0.3 is 0 Å². The molecule has 0 spiro atoms. The summed E-state index contributed by atoms with van der Waals surface area (Å²) in [4.78, 5) is 11.4. The van der Waals surface area contributed by atoms with Gasteiger partial charge in [0.05, 0.1) is 5.69 Å². The van der Waals surface area contributed by atoms with Crippen molar-refractivity contribution in [2.75, 3.05) is 5.32 Å². The number of aromatic nitrogens is 1. The van der Waals surface area contributed by atoms with E-state index in [1.54, 1.807) is 17.7 Å². The van der Waals surface area contributed by atoms with E-state index in [2.05, 4.69) is 50.4 Å². The Morgan fingerprint density at radius 1 is 1.14 bits per heavy atom. The third kappa shape index (κ3) is 3.97. The minimum Gasteiger partial charge on any atom is -0.381 e. The number of hydrogen-bond acceptors (Lipinski definition) is 2. The average molecular weight is 284 g/mol. The maximum absolute atomic E-state index is 11.4. The topological polar surface area (TPSA) is 34.0 Å². The minimum absolute atomic E-state index is 0.0119. The molecule has 3 heteroatoms. The number of aryl methyl sites for hydroxylation is 1. The molecular weight excluding hydrogens is 260 g/mol. The highest BCUT2D eigenvalue weighted by molar-refractivity contribution is 5.41. The summed E-state index contributed by atoms with van der Waals surface area (Å²) in [5, 5.41) is 3.48. The van der Waals surface area contributed by atoms with Crippen LogP contribution < -0.4 is 10.9 Å². The molecule has 0 bridgehead atoms. The van der Waals surface area contributed by atoms with Gasteiger partial charge in [-0.05, 0) is 30.4 Å². The summed E-state index contributed by atoms with van der Waals surface area (Å²) in [6.07, 6.45) is 2.86. The SMILES string of the molecule is CC(CC(C)(C)c1ccccc1)Nc1ccc(=O)n(C)c1. The summed E-state index contributed by atoms with van der Waals surface area (Å²) < 4.78 is 1.59. The molecule has 1 aromatic heterocycles. The van der Waals surface area contributed by atoms with Gasteiger partial charge in [-0.3, -0.25) is 4.79 Å². The predicted molar refractivity (Wildman–Crippen MR) is 88.9 cm³/mol. The summed E-state index contributed by atoms with van der Waals surface area (Å²) in [6.45, 7) is 6.71. The smallest absolute Gasteiger partial charge is 0.250 e. The van der Waals surface area contributed by atoms with Crippen LogP contribution in [0.25, 0.3) is 0 Å². The van der Waals surface area contributed by atoms with Crippen LogP contribution in [0.15, 0.2) is 53.5 Å². The standard InChI is InChI=1S/C18H24N2O/c1-14(19-16-10-11-17(21)20(4)13-16)12-18(2,3)15-8-6-5-7-9-15/h5-11,13-14,19H,12H2,1-4H3. The number of anilines is 1. The second-order valence-electron chi connectivity index (χ2n) is 6.37. The first kappa shape index (κ1) is 15.4. The summed E-state index contributed by atoms with van der Waals surface area (Å²) in [7, 11) is 1.77. The Labute approximate surface area is 126 Å². The van der Waals surface area contributed by atoms with Crippen LogP contribution in [0.2, 0.25) is 0 Å². The first-order valence-corrected chi connectivity index (χ1v) is 7.37. The Bertz CT molecular complexity index is 644. The first-order valence-electron chi connectivity index (χ1n) is 7.37. The number of hydrogen-bond donors (Lipinski definition) is 1. The molecule has 2 rings (SSSR count). The molecule has 1 unspecified atom stereocenters. The molecule has 1 atom stereocenters. The lowest BCUT2D eigenvalue weighted by atomic mass is 9.79. The average Bonchev–Trinajstić information content (AvgIpc) is 2.43. The van der Waals surface area contributed by atoms with Gasteiger partial charge < -0.3 is 9.88 Å². The summed E-state index contributed by atoms with van der Waals surface area (Å²) in [5.74, 6) is 0.